The van der Waals surface area contributed by atoms with E-state index in [1.165, 1.54) is 31.7 Å². The summed E-state index contributed by atoms with van der Waals surface area (Å²) in [6.45, 7) is 2.30. The predicted octanol–water partition coefficient (Wildman–Crippen LogP) is 8.33. The van der Waals surface area contributed by atoms with Crippen LogP contribution in [0.4, 0.5) is 22.0 Å². The molecule has 6 heteroatoms. The van der Waals surface area contributed by atoms with E-state index >= 15 is 0 Å². The van der Waals surface area contributed by atoms with Crippen molar-refractivity contribution in [2.45, 2.75) is 70.3 Å². The molecule has 0 bridgehead atoms. The minimum atomic E-state index is -4.27. The topological polar surface area (TPSA) is 9.23 Å². The van der Waals surface area contributed by atoms with E-state index in [1.54, 1.807) is 0 Å². The smallest absolute Gasteiger partial charge is 0.429 e. The van der Waals surface area contributed by atoms with Crippen LogP contribution in [0.5, 0.6) is 5.75 Å². The normalized spacial score (nSPS) is 26.7. The Labute approximate surface area is 186 Å². The van der Waals surface area contributed by atoms with Crippen LogP contribution in [0.2, 0.25) is 0 Å². The van der Waals surface area contributed by atoms with Gasteiger partial charge in [0, 0.05) is 6.07 Å². The molecule has 0 aliphatic heterocycles. The molecule has 0 radical (unpaired) electrons. The first-order chi connectivity index (χ1) is 15.2. The van der Waals surface area contributed by atoms with Crippen molar-refractivity contribution in [3.63, 3.8) is 0 Å². The van der Waals surface area contributed by atoms with Crippen molar-refractivity contribution in [3.8, 4) is 5.75 Å². The fourth-order valence-electron chi connectivity index (χ4n) is 5.52. The summed E-state index contributed by atoms with van der Waals surface area (Å²) in [4.78, 5) is 0. The van der Waals surface area contributed by atoms with E-state index in [-0.39, 0.29) is 5.92 Å². The summed E-state index contributed by atoms with van der Waals surface area (Å²) in [5.41, 5.74) is -1.03. The molecule has 2 aromatic rings. The molecule has 0 saturated heterocycles. The molecule has 0 unspecified atom stereocenters. The maximum atomic E-state index is 14.7. The largest absolute Gasteiger partial charge is 0.432 e. The van der Waals surface area contributed by atoms with Gasteiger partial charge in [-0.15, -0.1) is 0 Å². The molecule has 2 aromatic carbocycles. The van der Waals surface area contributed by atoms with E-state index in [2.05, 4.69) is 11.7 Å². The molecule has 2 aliphatic carbocycles. The Morgan fingerprint density at radius 2 is 1.34 bits per heavy atom. The fourth-order valence-corrected chi connectivity index (χ4v) is 5.52. The van der Waals surface area contributed by atoms with Crippen LogP contribution in [0, 0.1) is 35.2 Å². The van der Waals surface area contributed by atoms with Gasteiger partial charge in [-0.2, -0.15) is 8.78 Å². The number of rotatable bonds is 5. The third kappa shape index (κ3) is 5.10. The highest BCUT2D eigenvalue weighted by Crippen LogP contribution is 2.45. The third-order valence-electron chi connectivity index (χ3n) is 7.37. The summed E-state index contributed by atoms with van der Waals surface area (Å²) in [5, 5.41) is 0. The Bertz CT molecular complexity index is 905. The number of hydrogen-bond acceptors (Lipinski definition) is 1. The first kappa shape index (κ1) is 23.1. The SMILES string of the molecule is CC1CCC(C2CCC(c3cc(F)c(C(F)(F)Oc4cccc(F)c4)c(F)c3)CC2)CC1. The molecule has 174 valence electrons. The molecule has 0 amide bonds. The summed E-state index contributed by atoms with van der Waals surface area (Å²) in [6, 6.07) is 6.10. The lowest BCUT2D eigenvalue weighted by molar-refractivity contribution is -0.189. The van der Waals surface area contributed by atoms with Crippen LogP contribution in [-0.2, 0) is 6.11 Å². The fraction of sp³-hybridized carbons (Fsp3) is 0.538. The van der Waals surface area contributed by atoms with Crippen LogP contribution in [0.1, 0.15) is 75.3 Å². The molecular weight excluding hydrogens is 423 g/mol. The van der Waals surface area contributed by atoms with E-state index in [4.69, 9.17) is 0 Å². The monoisotopic (exact) mass is 452 g/mol. The zero-order valence-electron chi connectivity index (χ0n) is 18.2. The van der Waals surface area contributed by atoms with Crippen molar-refractivity contribution in [2.24, 2.45) is 17.8 Å². The van der Waals surface area contributed by atoms with Crippen LogP contribution in [0.3, 0.4) is 0 Å². The van der Waals surface area contributed by atoms with Gasteiger partial charge in [-0.1, -0.05) is 25.8 Å². The lowest BCUT2D eigenvalue weighted by atomic mass is 9.68. The molecule has 1 nitrogen and oxygen atoms in total. The maximum Gasteiger partial charge on any atom is 0.432 e. The molecule has 0 heterocycles. The van der Waals surface area contributed by atoms with E-state index in [0.717, 1.165) is 67.9 Å². The summed E-state index contributed by atoms with van der Waals surface area (Å²) in [5.74, 6) is -1.83. The molecule has 2 saturated carbocycles. The van der Waals surface area contributed by atoms with Crippen molar-refractivity contribution in [2.75, 3.05) is 0 Å². The van der Waals surface area contributed by atoms with Gasteiger partial charge in [0.1, 0.15) is 28.8 Å². The molecule has 4 rings (SSSR count). The Balaban J connectivity index is 1.45. The van der Waals surface area contributed by atoms with Crippen LogP contribution in [0.15, 0.2) is 36.4 Å². The lowest BCUT2D eigenvalue weighted by Crippen LogP contribution is -2.26. The predicted molar refractivity (Wildman–Crippen MR) is 113 cm³/mol. The van der Waals surface area contributed by atoms with Gasteiger partial charge in [-0.3, -0.25) is 0 Å². The van der Waals surface area contributed by atoms with Gasteiger partial charge >= 0.3 is 6.11 Å². The van der Waals surface area contributed by atoms with Crippen molar-refractivity contribution >= 4 is 0 Å². The van der Waals surface area contributed by atoms with Gasteiger partial charge in [-0.25, -0.2) is 13.2 Å². The van der Waals surface area contributed by atoms with E-state index in [9.17, 15) is 22.0 Å². The molecule has 2 fully saturated rings. The number of hydrogen-bond donors (Lipinski definition) is 0. The van der Waals surface area contributed by atoms with Gasteiger partial charge < -0.3 is 4.74 Å². The van der Waals surface area contributed by atoms with Crippen molar-refractivity contribution in [1.29, 1.82) is 0 Å². The zero-order chi connectivity index (χ0) is 22.9. The molecule has 0 N–H and O–H groups in total. The number of halogens is 5. The number of ether oxygens (including phenoxy) is 1. The minimum absolute atomic E-state index is 0.0374. The van der Waals surface area contributed by atoms with Crippen LogP contribution >= 0.6 is 0 Å². The lowest BCUT2D eigenvalue weighted by Gasteiger charge is -2.37. The Morgan fingerprint density at radius 3 is 1.91 bits per heavy atom. The second-order valence-corrected chi connectivity index (χ2v) is 9.57. The van der Waals surface area contributed by atoms with Gasteiger partial charge in [0.25, 0.3) is 0 Å². The van der Waals surface area contributed by atoms with Gasteiger partial charge in [-0.05, 0) is 92.0 Å². The first-order valence-electron chi connectivity index (χ1n) is 11.5. The molecule has 32 heavy (non-hydrogen) atoms. The summed E-state index contributed by atoms with van der Waals surface area (Å²) in [6.07, 6.45) is 4.43. The van der Waals surface area contributed by atoms with E-state index in [1.807, 2.05) is 0 Å². The summed E-state index contributed by atoms with van der Waals surface area (Å²) in [7, 11) is 0. The third-order valence-corrected chi connectivity index (χ3v) is 7.37. The quantitative estimate of drug-likeness (QED) is 0.414. The Hall–Kier alpha value is -2.11. The molecule has 0 atom stereocenters. The second-order valence-electron chi connectivity index (χ2n) is 9.57. The van der Waals surface area contributed by atoms with Gasteiger partial charge in [0.15, 0.2) is 0 Å². The molecular formula is C26H29F5O. The average Bonchev–Trinajstić information content (AvgIpc) is 2.73. The van der Waals surface area contributed by atoms with Crippen LogP contribution in [-0.4, -0.2) is 0 Å². The molecule has 0 spiro atoms. The van der Waals surface area contributed by atoms with Crippen molar-refractivity contribution in [3.05, 3.63) is 65.0 Å². The molecule has 0 aromatic heterocycles. The molecule has 2 aliphatic rings. The average molecular weight is 453 g/mol. The highest BCUT2D eigenvalue weighted by molar-refractivity contribution is 5.32. The van der Waals surface area contributed by atoms with Crippen molar-refractivity contribution < 1.29 is 26.7 Å². The van der Waals surface area contributed by atoms with Crippen molar-refractivity contribution in [1.82, 2.24) is 0 Å². The Kier molecular flexibility index (Phi) is 6.78. The number of benzene rings is 2. The number of alkyl halides is 2. The van der Waals surface area contributed by atoms with Gasteiger partial charge in [0.2, 0.25) is 0 Å². The standard InChI is InChI=1S/C26H29F5O/c1-16-5-7-17(8-6-16)18-9-11-19(12-10-18)20-13-23(28)25(24(29)14-20)26(30,31)32-22-4-2-3-21(27)15-22/h2-4,13-19H,5-12H2,1H3. The highest BCUT2D eigenvalue weighted by atomic mass is 19.3. The first-order valence-corrected chi connectivity index (χ1v) is 11.5. The maximum absolute atomic E-state index is 14.7. The Morgan fingerprint density at radius 1 is 0.781 bits per heavy atom. The van der Waals surface area contributed by atoms with E-state index < -0.39 is 34.9 Å². The van der Waals surface area contributed by atoms with Crippen LogP contribution in [0.25, 0.3) is 0 Å². The zero-order valence-corrected chi connectivity index (χ0v) is 18.2. The highest BCUT2D eigenvalue weighted by Gasteiger charge is 2.42. The minimum Gasteiger partial charge on any atom is -0.429 e. The van der Waals surface area contributed by atoms with E-state index in [0.29, 0.717) is 11.5 Å². The second kappa shape index (κ2) is 9.40. The van der Waals surface area contributed by atoms with Crippen LogP contribution < -0.4 is 4.74 Å². The van der Waals surface area contributed by atoms with Gasteiger partial charge in [0.05, 0.1) is 0 Å². The summed E-state index contributed by atoms with van der Waals surface area (Å²) < 4.78 is 76.1. The summed E-state index contributed by atoms with van der Waals surface area (Å²) >= 11 is 0.